The molecule has 0 aliphatic rings. The van der Waals surface area contributed by atoms with E-state index in [1.165, 1.54) is 12.1 Å². The van der Waals surface area contributed by atoms with Crippen molar-refractivity contribution in [3.8, 4) is 23.5 Å². The summed E-state index contributed by atoms with van der Waals surface area (Å²) in [4.78, 5) is 0. The van der Waals surface area contributed by atoms with Crippen LogP contribution in [0.1, 0.15) is 5.56 Å². The van der Waals surface area contributed by atoms with E-state index in [4.69, 9.17) is 22.4 Å². The van der Waals surface area contributed by atoms with E-state index in [1.54, 1.807) is 30.5 Å². The van der Waals surface area contributed by atoms with Crippen molar-refractivity contribution in [3.05, 3.63) is 59.1 Å². The molecule has 2 aromatic carbocycles. The van der Waals surface area contributed by atoms with Gasteiger partial charge < -0.3 is 4.42 Å². The number of furan rings is 1. The van der Waals surface area contributed by atoms with Gasteiger partial charge in [0.1, 0.15) is 11.4 Å². The minimum absolute atomic E-state index is 0.329. The average Bonchev–Trinajstić information content (AvgIpc) is 2.81. The van der Waals surface area contributed by atoms with Crippen molar-refractivity contribution in [1.29, 1.82) is 0 Å². The van der Waals surface area contributed by atoms with E-state index in [9.17, 15) is 4.39 Å². The van der Waals surface area contributed by atoms with Gasteiger partial charge in [0.25, 0.3) is 0 Å². The number of halogens is 2. The predicted molar refractivity (Wildman–Crippen MR) is 74.6 cm³/mol. The highest BCUT2D eigenvalue weighted by atomic mass is 35.5. The van der Waals surface area contributed by atoms with Gasteiger partial charge in [-0.2, -0.15) is 0 Å². The number of benzene rings is 2. The standard InChI is InChI=1S/C16H8ClFO/c1-2-10-4-3-5-14(17)16(10)13-9-19-15-7-6-11(18)8-12(13)15/h1,3-9H. The molecular weight excluding hydrogens is 263 g/mol. The van der Waals surface area contributed by atoms with Gasteiger partial charge in [0.2, 0.25) is 0 Å². The van der Waals surface area contributed by atoms with Crippen LogP contribution in [0.4, 0.5) is 4.39 Å². The Morgan fingerprint density at radius 1 is 1.21 bits per heavy atom. The topological polar surface area (TPSA) is 13.1 Å². The van der Waals surface area contributed by atoms with E-state index in [0.29, 0.717) is 32.7 Å². The molecule has 3 heteroatoms. The maximum absolute atomic E-state index is 13.4. The van der Waals surface area contributed by atoms with Gasteiger partial charge in [-0.3, -0.25) is 0 Å². The quantitative estimate of drug-likeness (QED) is 0.575. The largest absolute Gasteiger partial charge is 0.464 e. The second-order valence-electron chi connectivity index (χ2n) is 4.10. The minimum Gasteiger partial charge on any atom is -0.464 e. The number of fused-ring (bicyclic) bond motifs is 1. The summed E-state index contributed by atoms with van der Waals surface area (Å²) in [5.41, 5.74) is 2.64. The second kappa shape index (κ2) is 4.46. The summed E-state index contributed by atoms with van der Waals surface area (Å²) in [6.45, 7) is 0. The summed E-state index contributed by atoms with van der Waals surface area (Å²) in [6, 6.07) is 9.67. The Hall–Kier alpha value is -2.24. The average molecular weight is 271 g/mol. The fourth-order valence-corrected chi connectivity index (χ4v) is 2.39. The van der Waals surface area contributed by atoms with Crippen LogP contribution in [0, 0.1) is 18.2 Å². The molecule has 1 nitrogen and oxygen atoms in total. The molecule has 0 saturated carbocycles. The Labute approximate surface area is 114 Å². The lowest BCUT2D eigenvalue weighted by Gasteiger charge is -2.05. The van der Waals surface area contributed by atoms with Crippen molar-refractivity contribution in [3.63, 3.8) is 0 Å². The minimum atomic E-state index is -0.329. The van der Waals surface area contributed by atoms with Crippen LogP contribution in [0.15, 0.2) is 47.1 Å². The van der Waals surface area contributed by atoms with Gasteiger partial charge in [-0.25, -0.2) is 4.39 Å². The molecule has 0 N–H and O–H groups in total. The molecule has 3 rings (SSSR count). The molecule has 92 valence electrons. The molecule has 0 unspecified atom stereocenters. The zero-order valence-electron chi connectivity index (χ0n) is 9.78. The molecule has 0 aliphatic heterocycles. The van der Waals surface area contributed by atoms with Gasteiger partial charge in [-0.05, 0) is 30.3 Å². The van der Waals surface area contributed by atoms with Gasteiger partial charge >= 0.3 is 0 Å². The summed E-state index contributed by atoms with van der Waals surface area (Å²) < 4.78 is 18.8. The molecule has 0 aliphatic carbocycles. The Balaban J connectivity index is 2.37. The highest BCUT2D eigenvalue weighted by molar-refractivity contribution is 6.34. The third-order valence-corrected chi connectivity index (χ3v) is 3.29. The zero-order valence-corrected chi connectivity index (χ0v) is 10.5. The van der Waals surface area contributed by atoms with Gasteiger partial charge in [0.15, 0.2) is 0 Å². The van der Waals surface area contributed by atoms with Gasteiger partial charge in [-0.15, -0.1) is 6.42 Å². The van der Waals surface area contributed by atoms with Gasteiger partial charge in [0, 0.05) is 27.1 Å². The fourth-order valence-electron chi connectivity index (χ4n) is 2.11. The molecule has 0 spiro atoms. The van der Waals surface area contributed by atoms with Crippen LogP contribution in [0.25, 0.3) is 22.1 Å². The molecule has 1 heterocycles. The normalized spacial score (nSPS) is 10.6. The monoisotopic (exact) mass is 270 g/mol. The molecule has 0 bridgehead atoms. The number of terminal acetylenes is 1. The molecule has 0 fully saturated rings. The number of hydrogen-bond donors (Lipinski definition) is 0. The lowest BCUT2D eigenvalue weighted by Crippen LogP contribution is -1.85. The van der Waals surface area contributed by atoms with Crippen LogP contribution in [0.3, 0.4) is 0 Å². The van der Waals surface area contributed by atoms with Gasteiger partial charge in [-0.1, -0.05) is 23.6 Å². The SMILES string of the molecule is C#Cc1cccc(Cl)c1-c1coc2ccc(F)cc12. The summed E-state index contributed by atoms with van der Waals surface area (Å²) in [5, 5.41) is 1.17. The van der Waals surface area contributed by atoms with E-state index in [0.717, 1.165) is 0 Å². The van der Waals surface area contributed by atoms with Crippen molar-refractivity contribution in [2.75, 3.05) is 0 Å². The Morgan fingerprint density at radius 2 is 2.05 bits per heavy atom. The van der Waals surface area contributed by atoms with Crippen LogP contribution in [-0.2, 0) is 0 Å². The molecule has 3 aromatic rings. The van der Waals surface area contributed by atoms with Crippen molar-refractivity contribution in [2.45, 2.75) is 0 Å². The highest BCUT2D eigenvalue weighted by Gasteiger charge is 2.14. The lowest BCUT2D eigenvalue weighted by molar-refractivity contribution is 0.610. The van der Waals surface area contributed by atoms with E-state index in [2.05, 4.69) is 5.92 Å². The summed E-state index contributed by atoms with van der Waals surface area (Å²) in [7, 11) is 0. The Morgan fingerprint density at radius 3 is 2.84 bits per heavy atom. The first-order valence-electron chi connectivity index (χ1n) is 5.63. The van der Waals surface area contributed by atoms with Crippen LogP contribution in [-0.4, -0.2) is 0 Å². The van der Waals surface area contributed by atoms with E-state index >= 15 is 0 Å². The summed E-state index contributed by atoms with van der Waals surface area (Å²) >= 11 is 6.21. The Bertz CT molecular complexity index is 811. The molecule has 1 aromatic heterocycles. The second-order valence-corrected chi connectivity index (χ2v) is 4.50. The molecule has 0 radical (unpaired) electrons. The zero-order chi connectivity index (χ0) is 13.4. The number of rotatable bonds is 1. The smallest absolute Gasteiger partial charge is 0.134 e. The first-order valence-corrected chi connectivity index (χ1v) is 6.01. The first kappa shape index (κ1) is 11.8. The third kappa shape index (κ3) is 1.89. The number of hydrogen-bond acceptors (Lipinski definition) is 1. The van der Waals surface area contributed by atoms with E-state index in [1.807, 2.05) is 0 Å². The molecular formula is C16H8ClFO. The lowest BCUT2D eigenvalue weighted by atomic mass is 9.99. The van der Waals surface area contributed by atoms with Crippen molar-refractivity contribution in [2.24, 2.45) is 0 Å². The van der Waals surface area contributed by atoms with Crippen LogP contribution in [0.5, 0.6) is 0 Å². The van der Waals surface area contributed by atoms with Crippen LogP contribution < -0.4 is 0 Å². The predicted octanol–water partition coefficient (Wildman–Crippen LogP) is 4.87. The maximum Gasteiger partial charge on any atom is 0.134 e. The van der Waals surface area contributed by atoms with Crippen LogP contribution >= 0.6 is 11.6 Å². The fraction of sp³-hybridized carbons (Fsp3) is 0. The first-order chi connectivity index (χ1) is 9.20. The highest BCUT2D eigenvalue weighted by Crippen LogP contribution is 2.37. The van der Waals surface area contributed by atoms with Crippen molar-refractivity contribution < 1.29 is 8.81 Å². The van der Waals surface area contributed by atoms with Crippen molar-refractivity contribution in [1.82, 2.24) is 0 Å². The molecule has 0 amide bonds. The van der Waals surface area contributed by atoms with Crippen LogP contribution in [0.2, 0.25) is 5.02 Å². The van der Waals surface area contributed by atoms with Gasteiger partial charge in [0.05, 0.1) is 6.26 Å². The molecule has 0 saturated heterocycles. The maximum atomic E-state index is 13.4. The molecule has 19 heavy (non-hydrogen) atoms. The third-order valence-electron chi connectivity index (χ3n) is 2.97. The van der Waals surface area contributed by atoms with E-state index in [-0.39, 0.29) is 5.82 Å². The summed E-state index contributed by atoms with van der Waals surface area (Å²) in [5.74, 6) is 2.25. The van der Waals surface area contributed by atoms with Crippen molar-refractivity contribution >= 4 is 22.6 Å². The molecule has 0 atom stereocenters. The Kier molecular flexibility index (Phi) is 2.77. The van der Waals surface area contributed by atoms with E-state index < -0.39 is 0 Å². The summed E-state index contributed by atoms with van der Waals surface area (Å²) in [6.07, 6.45) is 7.03.